The molecule has 0 fully saturated rings. The summed E-state index contributed by atoms with van der Waals surface area (Å²) in [4.78, 5) is 0. The van der Waals surface area contributed by atoms with Crippen LogP contribution in [0, 0.1) is 5.41 Å². The van der Waals surface area contributed by atoms with Crippen molar-refractivity contribution >= 4 is 62.7 Å². The zero-order chi connectivity index (χ0) is 12.9. The number of ether oxygens (including phenoxy) is 1. The van der Waals surface area contributed by atoms with Gasteiger partial charge in [0.15, 0.2) is 0 Å². The van der Waals surface area contributed by atoms with Crippen molar-refractivity contribution in [2.24, 2.45) is 0 Å². The minimum atomic E-state index is -1.80. The molecule has 0 amide bonds. The fraction of sp³-hybridized carbons (Fsp3) is 0.182. The summed E-state index contributed by atoms with van der Waals surface area (Å²) in [6.07, 6.45) is 3.60. The van der Waals surface area contributed by atoms with E-state index in [2.05, 4.69) is 15.9 Å². The van der Waals surface area contributed by atoms with Crippen LogP contribution in [0.4, 0.5) is 0 Å². The fourth-order valence-corrected chi connectivity index (χ4v) is 1.40. The van der Waals surface area contributed by atoms with Gasteiger partial charge >= 0.3 is 0 Å². The Balaban J connectivity index is 2.41. The van der Waals surface area contributed by atoms with Gasteiger partial charge in [-0.25, -0.2) is 0 Å². The quantitative estimate of drug-likeness (QED) is 0.469. The van der Waals surface area contributed by atoms with E-state index < -0.39 is 3.79 Å². The van der Waals surface area contributed by atoms with Crippen LogP contribution in [0.3, 0.4) is 0 Å². The highest BCUT2D eigenvalue weighted by Crippen LogP contribution is 2.27. The highest BCUT2D eigenvalue weighted by atomic mass is 79.9. The number of hydrogen-bond acceptors (Lipinski definition) is 2. The number of hydrogen-bond donors (Lipinski definition) is 1. The first-order chi connectivity index (χ1) is 7.89. The van der Waals surface area contributed by atoms with Gasteiger partial charge in [0, 0.05) is 4.47 Å². The Kier molecular flexibility index (Phi) is 5.80. The lowest BCUT2D eigenvalue weighted by Crippen LogP contribution is -2.21. The van der Waals surface area contributed by atoms with Crippen molar-refractivity contribution < 1.29 is 4.74 Å². The van der Waals surface area contributed by atoms with Crippen molar-refractivity contribution in [1.82, 2.24) is 0 Å². The normalized spacial score (nSPS) is 11.8. The van der Waals surface area contributed by atoms with Crippen molar-refractivity contribution in [2.75, 3.05) is 6.61 Å². The molecule has 1 rings (SSSR count). The smallest absolute Gasteiger partial charge is 0.265 e. The Morgan fingerprint density at radius 2 is 1.88 bits per heavy atom. The van der Waals surface area contributed by atoms with E-state index in [9.17, 15) is 0 Å². The molecule has 0 atom stereocenters. The Labute approximate surface area is 123 Å². The van der Waals surface area contributed by atoms with Crippen LogP contribution in [0.25, 0.3) is 6.08 Å². The molecule has 0 spiro atoms. The van der Waals surface area contributed by atoms with Crippen LogP contribution >= 0.6 is 50.7 Å². The first kappa shape index (κ1) is 14.8. The van der Waals surface area contributed by atoms with Crippen LogP contribution < -0.4 is 0 Å². The molecular formula is C11H9BrCl3NO. The van der Waals surface area contributed by atoms with E-state index in [0.29, 0.717) is 0 Å². The van der Waals surface area contributed by atoms with Crippen LogP contribution in [0.15, 0.2) is 34.8 Å². The predicted octanol–water partition coefficient (Wildman–Crippen LogP) is 4.83. The summed E-state index contributed by atoms with van der Waals surface area (Å²) in [5.74, 6) is -0.386. The number of nitrogens with one attached hydrogen (secondary N) is 1. The summed E-state index contributed by atoms with van der Waals surface area (Å²) in [6, 6.07) is 7.76. The number of rotatable bonds is 3. The molecule has 0 aliphatic carbocycles. The van der Waals surface area contributed by atoms with Gasteiger partial charge in [0.2, 0.25) is 5.90 Å². The number of benzene rings is 1. The SMILES string of the molecule is N=C(OC/C=C/c1ccc(Br)cc1)C(Cl)(Cl)Cl. The molecule has 0 aliphatic heterocycles. The molecule has 0 radical (unpaired) electrons. The van der Waals surface area contributed by atoms with Gasteiger partial charge in [0.05, 0.1) is 0 Å². The second-order valence-electron chi connectivity index (χ2n) is 3.09. The van der Waals surface area contributed by atoms with Gasteiger partial charge in [-0.2, -0.15) is 0 Å². The standard InChI is InChI=1S/C11H9BrCl3NO/c12-9-5-3-8(4-6-9)2-1-7-17-10(16)11(13,14)15/h1-6,16H,7H2/b2-1+,16-10?. The Hall–Kier alpha value is -0.220. The molecule has 0 heterocycles. The van der Waals surface area contributed by atoms with E-state index in [1.807, 2.05) is 30.3 Å². The minimum absolute atomic E-state index is 0.183. The summed E-state index contributed by atoms with van der Waals surface area (Å²) in [5, 5.41) is 7.29. The molecule has 0 aliphatic rings. The maximum atomic E-state index is 7.29. The second-order valence-corrected chi connectivity index (χ2v) is 6.29. The zero-order valence-corrected chi connectivity index (χ0v) is 12.4. The summed E-state index contributed by atoms with van der Waals surface area (Å²) >= 11 is 19.7. The molecule has 0 unspecified atom stereocenters. The first-order valence-electron chi connectivity index (χ1n) is 4.60. The Bertz CT molecular complexity index is 412. The van der Waals surface area contributed by atoms with Crippen LogP contribution in [-0.2, 0) is 4.74 Å². The molecule has 1 aromatic rings. The van der Waals surface area contributed by atoms with Gasteiger partial charge in [-0.1, -0.05) is 68.9 Å². The Morgan fingerprint density at radius 3 is 2.41 bits per heavy atom. The number of halogens is 4. The monoisotopic (exact) mass is 355 g/mol. The largest absolute Gasteiger partial charge is 0.474 e. The van der Waals surface area contributed by atoms with E-state index in [4.69, 9.17) is 44.9 Å². The fourth-order valence-electron chi connectivity index (χ4n) is 0.971. The van der Waals surface area contributed by atoms with Crippen molar-refractivity contribution in [2.45, 2.75) is 3.79 Å². The van der Waals surface area contributed by atoms with Crippen molar-refractivity contribution in [3.05, 3.63) is 40.4 Å². The van der Waals surface area contributed by atoms with Gasteiger partial charge in [-0.3, -0.25) is 5.41 Å². The van der Waals surface area contributed by atoms with Crippen LogP contribution in [0.1, 0.15) is 5.56 Å². The maximum Gasteiger partial charge on any atom is 0.265 e. The van der Waals surface area contributed by atoms with E-state index in [0.717, 1.165) is 10.0 Å². The molecule has 0 saturated carbocycles. The molecule has 0 bridgehead atoms. The summed E-state index contributed by atoms with van der Waals surface area (Å²) in [5.41, 5.74) is 1.03. The average molecular weight is 357 g/mol. The average Bonchev–Trinajstić information content (AvgIpc) is 2.25. The zero-order valence-electron chi connectivity index (χ0n) is 8.59. The molecule has 17 heavy (non-hydrogen) atoms. The van der Waals surface area contributed by atoms with Gasteiger partial charge in [0.1, 0.15) is 6.61 Å². The van der Waals surface area contributed by atoms with E-state index in [-0.39, 0.29) is 12.5 Å². The molecule has 1 aromatic carbocycles. The van der Waals surface area contributed by atoms with Gasteiger partial charge in [-0.05, 0) is 23.8 Å². The van der Waals surface area contributed by atoms with E-state index in [1.54, 1.807) is 6.08 Å². The van der Waals surface area contributed by atoms with Crippen LogP contribution in [0.2, 0.25) is 0 Å². The maximum absolute atomic E-state index is 7.29. The highest BCUT2D eigenvalue weighted by molar-refractivity contribution is 9.10. The predicted molar refractivity (Wildman–Crippen MR) is 77.1 cm³/mol. The molecule has 0 aromatic heterocycles. The highest BCUT2D eigenvalue weighted by Gasteiger charge is 2.28. The first-order valence-corrected chi connectivity index (χ1v) is 6.53. The van der Waals surface area contributed by atoms with E-state index >= 15 is 0 Å². The lowest BCUT2D eigenvalue weighted by Gasteiger charge is -2.11. The Morgan fingerprint density at radius 1 is 1.29 bits per heavy atom. The molecule has 92 valence electrons. The summed E-state index contributed by atoms with van der Waals surface area (Å²) in [6.45, 7) is 0.183. The third-order valence-corrected chi connectivity index (χ3v) is 2.81. The lowest BCUT2D eigenvalue weighted by molar-refractivity contribution is 0.341. The lowest BCUT2D eigenvalue weighted by atomic mass is 10.2. The third kappa shape index (κ3) is 5.77. The van der Waals surface area contributed by atoms with Crippen molar-refractivity contribution in [3.63, 3.8) is 0 Å². The molecule has 1 N–H and O–H groups in total. The van der Waals surface area contributed by atoms with Gasteiger partial charge in [0.25, 0.3) is 3.79 Å². The van der Waals surface area contributed by atoms with Crippen LogP contribution in [-0.4, -0.2) is 16.3 Å². The van der Waals surface area contributed by atoms with Crippen LogP contribution in [0.5, 0.6) is 0 Å². The molecule has 0 saturated heterocycles. The summed E-state index contributed by atoms with van der Waals surface area (Å²) in [7, 11) is 0. The second kappa shape index (κ2) is 6.64. The summed E-state index contributed by atoms with van der Waals surface area (Å²) < 4.78 is 4.16. The topological polar surface area (TPSA) is 33.1 Å². The molecule has 2 nitrogen and oxygen atoms in total. The minimum Gasteiger partial charge on any atom is -0.474 e. The number of alkyl halides is 3. The molecule has 6 heteroatoms. The van der Waals surface area contributed by atoms with Gasteiger partial charge < -0.3 is 4.74 Å². The molecular weight excluding hydrogens is 348 g/mol. The van der Waals surface area contributed by atoms with Gasteiger partial charge in [-0.15, -0.1) is 0 Å². The third-order valence-electron chi connectivity index (χ3n) is 1.76. The van der Waals surface area contributed by atoms with Crippen molar-refractivity contribution in [3.8, 4) is 0 Å². The van der Waals surface area contributed by atoms with Crippen molar-refractivity contribution in [1.29, 1.82) is 5.41 Å². The van der Waals surface area contributed by atoms with E-state index in [1.165, 1.54) is 0 Å².